The molecule has 0 aliphatic heterocycles. The molecule has 0 unspecified atom stereocenters. The van der Waals surface area contributed by atoms with E-state index in [1.807, 2.05) is 0 Å². The molecule has 2 rings (SSSR count). The van der Waals surface area contributed by atoms with Crippen LogP contribution in [0.3, 0.4) is 0 Å². The van der Waals surface area contributed by atoms with E-state index < -0.39 is 18.5 Å². The van der Waals surface area contributed by atoms with Gasteiger partial charge in [0, 0.05) is 18.2 Å². The highest BCUT2D eigenvalue weighted by atomic mass is 16.5. The summed E-state index contributed by atoms with van der Waals surface area (Å²) in [5.41, 5.74) is 0.987. The first-order valence-electron chi connectivity index (χ1n) is 8.39. The Balaban J connectivity index is 1.94. The van der Waals surface area contributed by atoms with Crippen LogP contribution in [0, 0.1) is 0 Å². The molecule has 0 radical (unpaired) electrons. The van der Waals surface area contributed by atoms with Gasteiger partial charge in [0.15, 0.2) is 18.1 Å². The highest BCUT2D eigenvalue weighted by molar-refractivity contribution is 5.91. The number of carbonyl (C=O) groups is 2. The number of esters is 1. The Kier molecular flexibility index (Phi) is 7.50. The summed E-state index contributed by atoms with van der Waals surface area (Å²) in [5, 5.41) is 2.67. The number of hydrogen-bond acceptors (Lipinski definition) is 7. The summed E-state index contributed by atoms with van der Waals surface area (Å²) >= 11 is 0. The molecule has 0 saturated heterocycles. The zero-order chi connectivity index (χ0) is 20.5. The predicted octanol–water partition coefficient (Wildman–Crippen LogP) is 2.19. The van der Waals surface area contributed by atoms with Crippen LogP contribution in [0.25, 0.3) is 0 Å². The van der Waals surface area contributed by atoms with Crippen LogP contribution in [0.2, 0.25) is 0 Å². The second kappa shape index (κ2) is 10.1. The molecule has 0 aliphatic rings. The first-order valence-corrected chi connectivity index (χ1v) is 8.39. The van der Waals surface area contributed by atoms with Gasteiger partial charge >= 0.3 is 5.97 Å². The lowest BCUT2D eigenvalue weighted by Gasteiger charge is -2.14. The molecule has 1 N–H and O–H groups in total. The first-order chi connectivity index (χ1) is 13.5. The van der Waals surface area contributed by atoms with Gasteiger partial charge in [-0.05, 0) is 24.3 Å². The van der Waals surface area contributed by atoms with Gasteiger partial charge in [-0.2, -0.15) is 0 Å². The van der Waals surface area contributed by atoms with E-state index >= 15 is 0 Å². The summed E-state index contributed by atoms with van der Waals surface area (Å²) in [5.74, 6) is 1.02. The van der Waals surface area contributed by atoms with E-state index in [2.05, 4.69) is 5.32 Å². The monoisotopic (exact) mass is 389 g/mol. The van der Waals surface area contributed by atoms with Crippen molar-refractivity contribution in [3.8, 4) is 23.0 Å². The Bertz CT molecular complexity index is 835. The predicted molar refractivity (Wildman–Crippen MR) is 101 cm³/mol. The quantitative estimate of drug-likeness (QED) is 0.657. The molecule has 0 spiro atoms. The Hall–Kier alpha value is -3.42. The van der Waals surface area contributed by atoms with Crippen LogP contribution in [0.1, 0.15) is 15.9 Å². The molecular weight excluding hydrogens is 366 g/mol. The molecule has 150 valence electrons. The number of hydrogen-bond donors (Lipinski definition) is 1. The molecule has 2 aromatic rings. The fourth-order valence-corrected chi connectivity index (χ4v) is 2.44. The largest absolute Gasteiger partial charge is 0.497 e. The molecule has 0 atom stereocenters. The van der Waals surface area contributed by atoms with Gasteiger partial charge < -0.3 is 29.0 Å². The highest BCUT2D eigenvalue weighted by Gasteiger charge is 2.14. The number of rotatable bonds is 9. The zero-order valence-electron chi connectivity index (χ0n) is 16.2. The minimum atomic E-state index is -0.613. The average molecular weight is 389 g/mol. The van der Waals surface area contributed by atoms with Crippen LogP contribution in [0.4, 0.5) is 0 Å². The number of benzene rings is 2. The second-order valence-corrected chi connectivity index (χ2v) is 5.60. The van der Waals surface area contributed by atoms with E-state index in [1.165, 1.54) is 34.5 Å². The van der Waals surface area contributed by atoms with Crippen molar-refractivity contribution in [3.63, 3.8) is 0 Å². The van der Waals surface area contributed by atoms with Gasteiger partial charge in [0.05, 0.1) is 34.0 Å². The zero-order valence-corrected chi connectivity index (χ0v) is 16.2. The molecule has 2 aromatic carbocycles. The van der Waals surface area contributed by atoms with E-state index in [-0.39, 0.29) is 6.54 Å². The minimum Gasteiger partial charge on any atom is -0.497 e. The van der Waals surface area contributed by atoms with Gasteiger partial charge in [-0.15, -0.1) is 0 Å². The summed E-state index contributed by atoms with van der Waals surface area (Å²) in [6.07, 6.45) is 0. The maximum atomic E-state index is 12.0. The SMILES string of the molecule is COc1cccc(C(=O)OCC(=O)NCc2cc(OC)c(OC)cc2OC)c1. The third kappa shape index (κ3) is 5.29. The maximum absolute atomic E-state index is 12.0. The van der Waals surface area contributed by atoms with Crippen molar-refractivity contribution in [1.82, 2.24) is 5.32 Å². The lowest BCUT2D eigenvalue weighted by Crippen LogP contribution is -2.28. The molecule has 0 heterocycles. The number of ether oxygens (including phenoxy) is 5. The van der Waals surface area contributed by atoms with Gasteiger partial charge in [-0.3, -0.25) is 4.79 Å². The Morgan fingerprint density at radius 3 is 2.18 bits per heavy atom. The average Bonchev–Trinajstić information content (AvgIpc) is 2.75. The Labute approximate surface area is 163 Å². The van der Waals surface area contributed by atoms with Crippen LogP contribution < -0.4 is 24.3 Å². The number of carbonyl (C=O) groups excluding carboxylic acids is 2. The van der Waals surface area contributed by atoms with Crippen molar-refractivity contribution in [2.75, 3.05) is 35.0 Å². The van der Waals surface area contributed by atoms with E-state index in [0.717, 1.165) is 0 Å². The van der Waals surface area contributed by atoms with Crippen molar-refractivity contribution >= 4 is 11.9 Å². The molecule has 0 bridgehead atoms. The fourth-order valence-electron chi connectivity index (χ4n) is 2.44. The summed E-state index contributed by atoms with van der Waals surface area (Å²) in [6, 6.07) is 9.87. The van der Waals surface area contributed by atoms with Crippen LogP contribution in [0.5, 0.6) is 23.0 Å². The first kappa shape index (κ1) is 20.9. The third-order valence-electron chi connectivity index (χ3n) is 3.90. The van der Waals surface area contributed by atoms with Gasteiger partial charge in [-0.1, -0.05) is 6.07 Å². The van der Waals surface area contributed by atoms with E-state index in [0.29, 0.717) is 34.1 Å². The molecule has 0 fully saturated rings. The molecule has 8 nitrogen and oxygen atoms in total. The second-order valence-electron chi connectivity index (χ2n) is 5.60. The topological polar surface area (TPSA) is 92.3 Å². The lowest BCUT2D eigenvalue weighted by atomic mass is 10.1. The van der Waals surface area contributed by atoms with Crippen molar-refractivity contribution in [3.05, 3.63) is 47.5 Å². The highest BCUT2D eigenvalue weighted by Crippen LogP contribution is 2.34. The molecule has 0 aliphatic carbocycles. The van der Waals surface area contributed by atoms with E-state index in [1.54, 1.807) is 30.3 Å². The maximum Gasteiger partial charge on any atom is 0.338 e. The van der Waals surface area contributed by atoms with Crippen molar-refractivity contribution < 1.29 is 33.3 Å². The van der Waals surface area contributed by atoms with E-state index in [9.17, 15) is 9.59 Å². The van der Waals surface area contributed by atoms with Crippen LogP contribution in [0.15, 0.2) is 36.4 Å². The van der Waals surface area contributed by atoms with Crippen molar-refractivity contribution in [2.24, 2.45) is 0 Å². The Morgan fingerprint density at radius 2 is 1.54 bits per heavy atom. The summed E-state index contributed by atoms with van der Waals surface area (Å²) in [6.45, 7) is -0.245. The molecule has 0 aromatic heterocycles. The lowest BCUT2D eigenvalue weighted by molar-refractivity contribution is -0.124. The van der Waals surface area contributed by atoms with E-state index in [4.69, 9.17) is 23.7 Å². The third-order valence-corrected chi connectivity index (χ3v) is 3.90. The minimum absolute atomic E-state index is 0.166. The summed E-state index contributed by atoms with van der Waals surface area (Å²) in [7, 11) is 6.06. The molecule has 8 heteroatoms. The number of amides is 1. The molecule has 0 saturated carbocycles. The number of methoxy groups -OCH3 is 4. The molecule has 28 heavy (non-hydrogen) atoms. The van der Waals surface area contributed by atoms with Crippen molar-refractivity contribution in [1.29, 1.82) is 0 Å². The molecule has 1 amide bonds. The van der Waals surface area contributed by atoms with Gasteiger partial charge in [-0.25, -0.2) is 4.79 Å². The van der Waals surface area contributed by atoms with Gasteiger partial charge in [0.1, 0.15) is 11.5 Å². The van der Waals surface area contributed by atoms with Gasteiger partial charge in [0.25, 0.3) is 5.91 Å². The smallest absolute Gasteiger partial charge is 0.338 e. The van der Waals surface area contributed by atoms with Crippen LogP contribution >= 0.6 is 0 Å². The normalized spacial score (nSPS) is 10.0. The van der Waals surface area contributed by atoms with Gasteiger partial charge in [0.2, 0.25) is 0 Å². The number of nitrogens with one attached hydrogen (secondary N) is 1. The fraction of sp³-hybridized carbons (Fsp3) is 0.300. The van der Waals surface area contributed by atoms with Crippen LogP contribution in [-0.4, -0.2) is 46.9 Å². The Morgan fingerprint density at radius 1 is 0.857 bits per heavy atom. The summed E-state index contributed by atoms with van der Waals surface area (Å²) in [4.78, 5) is 24.1. The summed E-state index contributed by atoms with van der Waals surface area (Å²) < 4.78 is 25.9. The molecular formula is C20H23NO7. The van der Waals surface area contributed by atoms with Crippen molar-refractivity contribution in [2.45, 2.75) is 6.54 Å². The standard InChI is InChI=1S/C20H23NO7/c1-24-15-7-5-6-13(8-15)20(23)28-12-19(22)21-11-14-9-17(26-3)18(27-4)10-16(14)25-2/h5-10H,11-12H2,1-4H3,(H,21,22). The van der Waals surface area contributed by atoms with Crippen LogP contribution in [-0.2, 0) is 16.1 Å².